The number of aryl methyl sites for hydroxylation is 1. The number of benzene rings is 1. The van der Waals surface area contributed by atoms with E-state index in [1.807, 2.05) is 13.1 Å². The molecule has 1 aromatic carbocycles. The van der Waals surface area contributed by atoms with E-state index in [1.165, 1.54) is 4.88 Å². The Morgan fingerprint density at radius 2 is 2.04 bits per heavy atom. The van der Waals surface area contributed by atoms with Gasteiger partial charge in [0.15, 0.2) is 0 Å². The summed E-state index contributed by atoms with van der Waals surface area (Å²) in [6, 6.07) is 5.23. The van der Waals surface area contributed by atoms with Crippen molar-refractivity contribution in [1.82, 2.24) is 15.2 Å². The molecule has 0 saturated carbocycles. The topological polar surface area (TPSA) is 63.7 Å². The van der Waals surface area contributed by atoms with Crippen LogP contribution in [0.1, 0.15) is 33.1 Å². The molecule has 0 bridgehead atoms. The summed E-state index contributed by atoms with van der Waals surface area (Å²) >= 11 is 1.76. The Hall–Kier alpha value is -2.12. The SMILES string of the molecule is COc1cc(OC)cc(C(=O)NC[C@H]2CCCN(Cc3cnc(C)s3)C2)c1. The van der Waals surface area contributed by atoms with Crippen LogP contribution in [0.15, 0.2) is 24.4 Å². The van der Waals surface area contributed by atoms with Crippen molar-refractivity contribution in [3.63, 3.8) is 0 Å². The lowest BCUT2D eigenvalue weighted by molar-refractivity contribution is 0.0930. The fraction of sp³-hybridized carbons (Fsp3) is 0.500. The first-order valence-corrected chi connectivity index (χ1v) is 10.0. The third-order valence-corrected chi connectivity index (χ3v) is 5.71. The zero-order chi connectivity index (χ0) is 19.2. The van der Waals surface area contributed by atoms with Gasteiger partial charge in [-0.1, -0.05) is 0 Å². The molecule has 2 aromatic rings. The van der Waals surface area contributed by atoms with Crippen molar-refractivity contribution in [2.24, 2.45) is 5.92 Å². The van der Waals surface area contributed by atoms with Crippen LogP contribution in [0.5, 0.6) is 11.5 Å². The van der Waals surface area contributed by atoms with E-state index in [9.17, 15) is 4.79 Å². The van der Waals surface area contributed by atoms with Gasteiger partial charge in [-0.2, -0.15) is 0 Å². The number of carbonyl (C=O) groups is 1. The van der Waals surface area contributed by atoms with Crippen LogP contribution in [0.3, 0.4) is 0 Å². The van der Waals surface area contributed by atoms with Crippen LogP contribution in [0.4, 0.5) is 0 Å². The molecule has 0 unspecified atom stereocenters. The Kier molecular flexibility index (Phi) is 6.68. The highest BCUT2D eigenvalue weighted by atomic mass is 32.1. The molecule has 1 aliphatic rings. The maximum Gasteiger partial charge on any atom is 0.251 e. The van der Waals surface area contributed by atoms with Gasteiger partial charge in [0.25, 0.3) is 5.91 Å². The van der Waals surface area contributed by atoms with Gasteiger partial charge in [0.1, 0.15) is 11.5 Å². The first-order valence-electron chi connectivity index (χ1n) is 9.22. The number of hydrogen-bond acceptors (Lipinski definition) is 6. The summed E-state index contributed by atoms with van der Waals surface area (Å²) in [6.45, 7) is 5.77. The second kappa shape index (κ2) is 9.19. The van der Waals surface area contributed by atoms with Gasteiger partial charge < -0.3 is 14.8 Å². The number of methoxy groups -OCH3 is 2. The van der Waals surface area contributed by atoms with Crippen LogP contribution in [0.2, 0.25) is 0 Å². The smallest absolute Gasteiger partial charge is 0.251 e. The maximum absolute atomic E-state index is 12.6. The first kappa shape index (κ1) is 19.6. The Labute approximate surface area is 164 Å². The van der Waals surface area contributed by atoms with Crippen LogP contribution >= 0.6 is 11.3 Å². The standard InChI is InChI=1S/C20H27N3O3S/c1-14-21-11-19(27-14)13-23-6-4-5-15(12-23)10-22-20(24)16-7-17(25-2)9-18(8-16)26-3/h7-9,11,15H,4-6,10,12-13H2,1-3H3,(H,22,24)/t15-/m1/s1. The Bertz CT molecular complexity index is 755. The van der Waals surface area contributed by atoms with Crippen molar-refractivity contribution >= 4 is 17.2 Å². The molecule has 1 N–H and O–H groups in total. The zero-order valence-corrected chi connectivity index (χ0v) is 17.0. The van der Waals surface area contributed by atoms with E-state index >= 15 is 0 Å². The van der Waals surface area contributed by atoms with E-state index in [1.54, 1.807) is 43.8 Å². The second-order valence-corrected chi connectivity index (χ2v) is 8.22. The summed E-state index contributed by atoms with van der Waals surface area (Å²) < 4.78 is 10.5. The first-order chi connectivity index (χ1) is 13.1. The summed E-state index contributed by atoms with van der Waals surface area (Å²) in [6.07, 6.45) is 4.27. The number of thiazole rings is 1. The van der Waals surface area contributed by atoms with Crippen molar-refractivity contribution in [1.29, 1.82) is 0 Å². The molecule has 1 aromatic heterocycles. The molecular weight excluding hydrogens is 362 g/mol. The van der Waals surface area contributed by atoms with Gasteiger partial charge in [0.2, 0.25) is 0 Å². The number of nitrogens with zero attached hydrogens (tertiary/aromatic N) is 2. The third-order valence-electron chi connectivity index (χ3n) is 4.82. The highest BCUT2D eigenvalue weighted by Crippen LogP contribution is 2.23. The van der Waals surface area contributed by atoms with Crippen LogP contribution < -0.4 is 14.8 Å². The average molecular weight is 390 g/mol. The maximum atomic E-state index is 12.6. The van der Waals surface area contributed by atoms with Crippen molar-refractivity contribution in [2.75, 3.05) is 33.9 Å². The van der Waals surface area contributed by atoms with Gasteiger partial charge >= 0.3 is 0 Å². The number of amides is 1. The molecule has 1 amide bonds. The number of nitrogens with one attached hydrogen (secondary N) is 1. The van der Waals surface area contributed by atoms with E-state index in [0.29, 0.717) is 29.5 Å². The number of carbonyl (C=O) groups excluding carboxylic acids is 1. The molecule has 1 saturated heterocycles. The molecule has 3 rings (SSSR count). The fourth-order valence-electron chi connectivity index (χ4n) is 3.44. The summed E-state index contributed by atoms with van der Waals surface area (Å²) in [5, 5.41) is 4.18. The Balaban J connectivity index is 1.53. The van der Waals surface area contributed by atoms with E-state index in [0.717, 1.165) is 37.5 Å². The molecular formula is C20H27N3O3S. The number of piperidine rings is 1. The quantitative estimate of drug-likeness (QED) is 0.788. The number of rotatable bonds is 7. The van der Waals surface area contributed by atoms with Crippen molar-refractivity contribution in [3.05, 3.63) is 39.8 Å². The summed E-state index contributed by atoms with van der Waals surface area (Å²) in [5.41, 5.74) is 0.555. The predicted octanol–water partition coefficient (Wildman–Crippen LogP) is 3.11. The lowest BCUT2D eigenvalue weighted by Gasteiger charge is -2.32. The minimum atomic E-state index is -0.0950. The Morgan fingerprint density at radius 3 is 2.67 bits per heavy atom. The molecule has 6 nitrogen and oxygen atoms in total. The fourth-order valence-corrected chi connectivity index (χ4v) is 4.28. The zero-order valence-electron chi connectivity index (χ0n) is 16.2. The second-order valence-electron chi connectivity index (χ2n) is 6.90. The summed E-state index contributed by atoms with van der Waals surface area (Å²) in [4.78, 5) is 20.7. The third kappa shape index (κ3) is 5.43. The van der Waals surface area contributed by atoms with Crippen LogP contribution in [0.25, 0.3) is 0 Å². The molecule has 1 aliphatic heterocycles. The van der Waals surface area contributed by atoms with Crippen LogP contribution in [-0.4, -0.2) is 49.6 Å². The van der Waals surface area contributed by atoms with E-state index in [2.05, 4.69) is 15.2 Å². The molecule has 2 heterocycles. The lowest BCUT2D eigenvalue weighted by Crippen LogP contribution is -2.40. The van der Waals surface area contributed by atoms with Gasteiger partial charge in [-0.05, 0) is 44.4 Å². The largest absolute Gasteiger partial charge is 0.497 e. The highest BCUT2D eigenvalue weighted by Gasteiger charge is 2.21. The van der Waals surface area contributed by atoms with Crippen molar-refractivity contribution in [3.8, 4) is 11.5 Å². The van der Waals surface area contributed by atoms with Gasteiger partial charge in [0.05, 0.1) is 19.2 Å². The van der Waals surface area contributed by atoms with Gasteiger partial charge in [-0.15, -0.1) is 11.3 Å². The molecule has 27 heavy (non-hydrogen) atoms. The van der Waals surface area contributed by atoms with Gasteiger partial charge in [-0.25, -0.2) is 4.98 Å². The number of ether oxygens (including phenoxy) is 2. The lowest BCUT2D eigenvalue weighted by atomic mass is 9.98. The number of aromatic nitrogens is 1. The predicted molar refractivity (Wildman–Crippen MR) is 107 cm³/mol. The minimum Gasteiger partial charge on any atom is -0.497 e. The minimum absolute atomic E-state index is 0.0950. The van der Waals surface area contributed by atoms with E-state index in [4.69, 9.17) is 9.47 Å². The molecule has 0 aliphatic carbocycles. The average Bonchev–Trinajstić information content (AvgIpc) is 3.10. The number of hydrogen-bond donors (Lipinski definition) is 1. The molecule has 146 valence electrons. The van der Waals surface area contributed by atoms with Gasteiger partial charge in [-0.3, -0.25) is 9.69 Å². The van der Waals surface area contributed by atoms with Gasteiger partial charge in [0, 0.05) is 42.3 Å². The molecule has 0 radical (unpaired) electrons. The van der Waals surface area contributed by atoms with E-state index < -0.39 is 0 Å². The van der Waals surface area contributed by atoms with Crippen LogP contribution in [0, 0.1) is 12.8 Å². The monoisotopic (exact) mass is 389 g/mol. The van der Waals surface area contributed by atoms with E-state index in [-0.39, 0.29) is 5.91 Å². The highest BCUT2D eigenvalue weighted by molar-refractivity contribution is 7.11. The number of likely N-dealkylation sites (tertiary alicyclic amines) is 1. The van der Waals surface area contributed by atoms with Crippen molar-refractivity contribution in [2.45, 2.75) is 26.3 Å². The van der Waals surface area contributed by atoms with Crippen molar-refractivity contribution < 1.29 is 14.3 Å². The van der Waals surface area contributed by atoms with Crippen LogP contribution in [-0.2, 0) is 6.54 Å². The molecule has 1 fully saturated rings. The molecule has 1 atom stereocenters. The molecule has 7 heteroatoms. The normalized spacial score (nSPS) is 17.5. The Morgan fingerprint density at radius 1 is 1.30 bits per heavy atom. The summed E-state index contributed by atoms with van der Waals surface area (Å²) in [5.74, 6) is 1.60. The summed E-state index contributed by atoms with van der Waals surface area (Å²) in [7, 11) is 3.16. The molecule has 0 spiro atoms.